The highest BCUT2D eigenvalue weighted by Crippen LogP contribution is 2.33. The number of pyridine rings is 1. The minimum Gasteiger partial charge on any atom is -0.508 e. The van der Waals surface area contributed by atoms with Crippen LogP contribution in [0.25, 0.3) is 28.2 Å². The van der Waals surface area contributed by atoms with Crippen LogP contribution >= 0.6 is 0 Å². The summed E-state index contributed by atoms with van der Waals surface area (Å²) >= 11 is 0. The summed E-state index contributed by atoms with van der Waals surface area (Å²) in [4.78, 5) is 21.1. The number of hydrogen-bond donors (Lipinski definition) is 3. The van der Waals surface area contributed by atoms with Crippen LogP contribution in [0.2, 0.25) is 0 Å². The molecule has 27 heavy (non-hydrogen) atoms. The molecule has 8 heteroatoms. The summed E-state index contributed by atoms with van der Waals surface area (Å²) in [5.74, 6) is 1.43. The number of aromatic nitrogens is 6. The predicted octanol–water partition coefficient (Wildman–Crippen LogP) is 3.43. The molecule has 0 aliphatic heterocycles. The topological polar surface area (TPSA) is 104 Å². The van der Waals surface area contributed by atoms with Gasteiger partial charge in [0.2, 0.25) is 0 Å². The minimum absolute atomic E-state index is 0.180. The Hall–Kier alpha value is -3.94. The molecule has 0 atom stereocenters. The van der Waals surface area contributed by atoms with Gasteiger partial charge in [0.1, 0.15) is 34.1 Å². The van der Waals surface area contributed by atoms with E-state index in [9.17, 15) is 5.11 Å². The van der Waals surface area contributed by atoms with E-state index in [2.05, 4.69) is 25.3 Å². The number of phenolic OH excluding ortho intramolecular Hbond substituents is 1. The maximum atomic E-state index is 9.77. The maximum absolute atomic E-state index is 9.77. The molecule has 0 bridgehead atoms. The van der Waals surface area contributed by atoms with Gasteiger partial charge in [0, 0.05) is 18.0 Å². The molecular weight excluding hydrogens is 342 g/mol. The molecule has 0 radical (unpaired) electrons. The fraction of sp³-hybridized carbons (Fsp3) is 0.0526. The lowest BCUT2D eigenvalue weighted by atomic mass is 10.2. The van der Waals surface area contributed by atoms with E-state index in [0.717, 1.165) is 22.5 Å². The quantitative estimate of drug-likeness (QED) is 0.457. The first-order valence-electron chi connectivity index (χ1n) is 8.40. The normalized spacial score (nSPS) is 11.3. The standard InChI is InChI=1S/C19H15N7O/c1-11-22-15(16-18(23-11)21-10-20-16)17-19(24-12-5-4-6-13(27)9-12)25-14-7-2-3-8-26(14)17/h2-10,24,27H,1H3,(H,20,21,22,23). The smallest absolute Gasteiger partial charge is 0.181 e. The Labute approximate surface area is 153 Å². The van der Waals surface area contributed by atoms with Crippen LogP contribution in [-0.4, -0.2) is 34.4 Å². The Bertz CT molecular complexity index is 1290. The number of anilines is 2. The van der Waals surface area contributed by atoms with Gasteiger partial charge < -0.3 is 15.4 Å². The number of hydrogen-bond acceptors (Lipinski definition) is 6. The largest absolute Gasteiger partial charge is 0.508 e. The zero-order valence-electron chi connectivity index (χ0n) is 14.4. The molecule has 0 aliphatic rings. The molecule has 4 heterocycles. The van der Waals surface area contributed by atoms with Gasteiger partial charge in [0.05, 0.1) is 6.33 Å². The van der Waals surface area contributed by atoms with Crippen molar-refractivity contribution in [2.45, 2.75) is 6.92 Å². The molecule has 0 unspecified atom stereocenters. The molecule has 0 spiro atoms. The van der Waals surface area contributed by atoms with E-state index in [4.69, 9.17) is 4.98 Å². The first-order chi connectivity index (χ1) is 13.2. The Morgan fingerprint density at radius 3 is 2.89 bits per heavy atom. The Morgan fingerprint density at radius 2 is 2.00 bits per heavy atom. The molecule has 0 amide bonds. The van der Waals surface area contributed by atoms with Crippen molar-refractivity contribution in [3.63, 3.8) is 0 Å². The number of phenols is 1. The summed E-state index contributed by atoms with van der Waals surface area (Å²) in [5, 5.41) is 13.1. The number of benzene rings is 1. The summed E-state index contributed by atoms with van der Waals surface area (Å²) in [6.45, 7) is 1.84. The SMILES string of the molecule is Cc1nc(-c2c(Nc3cccc(O)c3)nc3ccccn23)c2[nH]cnc2n1. The van der Waals surface area contributed by atoms with E-state index in [1.165, 1.54) is 0 Å². The molecule has 5 rings (SSSR count). The van der Waals surface area contributed by atoms with E-state index in [0.29, 0.717) is 23.0 Å². The molecule has 3 N–H and O–H groups in total. The van der Waals surface area contributed by atoms with Crippen molar-refractivity contribution >= 4 is 28.3 Å². The number of fused-ring (bicyclic) bond motifs is 2. The van der Waals surface area contributed by atoms with Crippen LogP contribution in [0.15, 0.2) is 55.0 Å². The third-order valence-corrected chi connectivity index (χ3v) is 4.26. The molecule has 1 aromatic carbocycles. The van der Waals surface area contributed by atoms with Crippen LogP contribution < -0.4 is 5.32 Å². The van der Waals surface area contributed by atoms with Gasteiger partial charge in [-0.25, -0.2) is 19.9 Å². The second-order valence-corrected chi connectivity index (χ2v) is 6.13. The van der Waals surface area contributed by atoms with Crippen molar-refractivity contribution in [2.75, 3.05) is 5.32 Å². The van der Waals surface area contributed by atoms with Gasteiger partial charge in [-0.3, -0.25) is 4.40 Å². The second kappa shape index (κ2) is 5.80. The van der Waals surface area contributed by atoms with Gasteiger partial charge in [-0.1, -0.05) is 12.1 Å². The highest BCUT2D eigenvalue weighted by molar-refractivity contribution is 5.91. The number of nitrogens with zero attached hydrogens (tertiary/aromatic N) is 5. The molecule has 0 saturated heterocycles. The van der Waals surface area contributed by atoms with Crippen molar-refractivity contribution in [2.24, 2.45) is 0 Å². The average Bonchev–Trinajstić information content (AvgIpc) is 3.25. The van der Waals surface area contributed by atoms with Crippen molar-refractivity contribution in [1.82, 2.24) is 29.3 Å². The predicted molar refractivity (Wildman–Crippen MR) is 102 cm³/mol. The van der Waals surface area contributed by atoms with Gasteiger partial charge in [-0.2, -0.15) is 0 Å². The van der Waals surface area contributed by atoms with Crippen molar-refractivity contribution in [3.05, 3.63) is 60.8 Å². The van der Waals surface area contributed by atoms with Gasteiger partial charge in [-0.15, -0.1) is 0 Å². The zero-order chi connectivity index (χ0) is 18.4. The summed E-state index contributed by atoms with van der Waals surface area (Å²) in [6, 6.07) is 12.7. The number of aryl methyl sites for hydroxylation is 1. The van der Waals surface area contributed by atoms with E-state index in [1.807, 2.05) is 41.8 Å². The third kappa shape index (κ3) is 2.54. The molecule has 0 saturated carbocycles. The van der Waals surface area contributed by atoms with Crippen molar-refractivity contribution in [3.8, 4) is 17.1 Å². The third-order valence-electron chi connectivity index (χ3n) is 4.26. The highest BCUT2D eigenvalue weighted by Gasteiger charge is 2.20. The first kappa shape index (κ1) is 15.3. The minimum atomic E-state index is 0.180. The van der Waals surface area contributed by atoms with Crippen LogP contribution in [0, 0.1) is 6.92 Å². The maximum Gasteiger partial charge on any atom is 0.181 e. The summed E-state index contributed by atoms with van der Waals surface area (Å²) < 4.78 is 1.97. The summed E-state index contributed by atoms with van der Waals surface area (Å²) in [5.41, 5.74) is 4.34. The summed E-state index contributed by atoms with van der Waals surface area (Å²) in [6.07, 6.45) is 3.54. The van der Waals surface area contributed by atoms with Crippen LogP contribution in [0.5, 0.6) is 5.75 Å². The Balaban J connectivity index is 1.78. The van der Waals surface area contributed by atoms with Gasteiger partial charge in [0.25, 0.3) is 0 Å². The lowest BCUT2D eigenvalue weighted by molar-refractivity contribution is 0.475. The Kier molecular flexibility index (Phi) is 3.29. The number of nitrogens with one attached hydrogen (secondary N) is 2. The number of aromatic hydroxyl groups is 1. The molecule has 132 valence electrons. The van der Waals surface area contributed by atoms with E-state index in [-0.39, 0.29) is 5.75 Å². The monoisotopic (exact) mass is 357 g/mol. The van der Waals surface area contributed by atoms with E-state index >= 15 is 0 Å². The Morgan fingerprint density at radius 1 is 1.07 bits per heavy atom. The van der Waals surface area contributed by atoms with E-state index in [1.54, 1.807) is 24.5 Å². The van der Waals surface area contributed by atoms with Crippen LogP contribution in [-0.2, 0) is 0 Å². The molecule has 5 aromatic rings. The van der Waals surface area contributed by atoms with Gasteiger partial charge >= 0.3 is 0 Å². The van der Waals surface area contributed by atoms with Crippen molar-refractivity contribution < 1.29 is 5.11 Å². The number of H-pyrrole nitrogens is 1. The summed E-state index contributed by atoms with van der Waals surface area (Å²) in [7, 11) is 0. The van der Waals surface area contributed by atoms with Crippen LogP contribution in [0.1, 0.15) is 5.82 Å². The van der Waals surface area contributed by atoms with Crippen LogP contribution in [0.3, 0.4) is 0 Å². The first-order valence-corrected chi connectivity index (χ1v) is 8.40. The molecule has 0 aliphatic carbocycles. The number of rotatable bonds is 3. The highest BCUT2D eigenvalue weighted by atomic mass is 16.3. The van der Waals surface area contributed by atoms with Gasteiger partial charge in [-0.05, 0) is 31.2 Å². The van der Waals surface area contributed by atoms with Gasteiger partial charge in [0.15, 0.2) is 11.5 Å². The number of aromatic amines is 1. The molecule has 4 aromatic heterocycles. The lowest BCUT2D eigenvalue weighted by Crippen LogP contribution is -1.99. The molecular formula is C19H15N7O. The van der Waals surface area contributed by atoms with E-state index < -0.39 is 0 Å². The fourth-order valence-corrected chi connectivity index (χ4v) is 3.14. The second-order valence-electron chi connectivity index (χ2n) is 6.13. The van der Waals surface area contributed by atoms with Crippen molar-refractivity contribution in [1.29, 1.82) is 0 Å². The fourth-order valence-electron chi connectivity index (χ4n) is 3.14. The average molecular weight is 357 g/mol. The number of imidazole rings is 2. The molecule has 0 fully saturated rings. The zero-order valence-corrected chi connectivity index (χ0v) is 14.4. The lowest BCUT2D eigenvalue weighted by Gasteiger charge is -2.09. The van der Waals surface area contributed by atoms with Crippen LogP contribution in [0.4, 0.5) is 11.5 Å². The molecule has 8 nitrogen and oxygen atoms in total.